The highest BCUT2D eigenvalue weighted by molar-refractivity contribution is 4.99. The van der Waals surface area contributed by atoms with Crippen molar-refractivity contribution >= 4 is 0 Å². The Morgan fingerprint density at radius 3 is 2.87 bits per heavy atom. The van der Waals surface area contributed by atoms with Crippen molar-refractivity contribution < 1.29 is 23.0 Å². The van der Waals surface area contributed by atoms with Gasteiger partial charge in [-0.25, -0.2) is 8.78 Å². The van der Waals surface area contributed by atoms with Gasteiger partial charge in [-0.05, 0) is 18.6 Å². The molecular formula is C10H14F2O3. The Hall–Kier alpha value is -0.940. The Kier molecular flexibility index (Phi) is 5.28. The van der Waals surface area contributed by atoms with Crippen LogP contribution in [-0.2, 0) is 11.2 Å². The molecule has 1 aromatic rings. The molecule has 15 heavy (non-hydrogen) atoms. The van der Waals surface area contributed by atoms with E-state index in [1.165, 1.54) is 6.26 Å². The van der Waals surface area contributed by atoms with Gasteiger partial charge in [0.1, 0.15) is 12.4 Å². The van der Waals surface area contributed by atoms with E-state index in [1.807, 2.05) is 0 Å². The standard InChI is InChI=1S/C10H14F2O3/c11-10(12)7-14-5-3-8(13)6-9-2-1-4-15-9/h1-2,4,8,10,13H,3,5-7H2. The molecule has 0 aliphatic heterocycles. The lowest BCUT2D eigenvalue weighted by Crippen LogP contribution is -2.15. The molecule has 0 aromatic carbocycles. The van der Waals surface area contributed by atoms with Gasteiger partial charge in [-0.2, -0.15) is 0 Å². The van der Waals surface area contributed by atoms with Crippen molar-refractivity contribution in [1.29, 1.82) is 0 Å². The first-order chi connectivity index (χ1) is 7.18. The first-order valence-electron chi connectivity index (χ1n) is 4.75. The van der Waals surface area contributed by atoms with Crippen LogP contribution >= 0.6 is 0 Å². The van der Waals surface area contributed by atoms with Crippen LogP contribution in [0, 0.1) is 0 Å². The van der Waals surface area contributed by atoms with Gasteiger partial charge < -0.3 is 14.3 Å². The minimum Gasteiger partial charge on any atom is -0.469 e. The number of hydrogen-bond donors (Lipinski definition) is 1. The lowest BCUT2D eigenvalue weighted by atomic mass is 10.1. The summed E-state index contributed by atoms with van der Waals surface area (Å²) in [5.74, 6) is 0.677. The number of halogens is 2. The van der Waals surface area contributed by atoms with Crippen molar-refractivity contribution in [3.63, 3.8) is 0 Å². The molecule has 0 bridgehead atoms. The molecule has 0 fully saturated rings. The van der Waals surface area contributed by atoms with Gasteiger partial charge in [0, 0.05) is 13.0 Å². The van der Waals surface area contributed by atoms with Crippen LogP contribution in [0.1, 0.15) is 12.2 Å². The summed E-state index contributed by atoms with van der Waals surface area (Å²) in [6.07, 6.45) is -0.839. The topological polar surface area (TPSA) is 42.6 Å². The van der Waals surface area contributed by atoms with Crippen molar-refractivity contribution in [2.24, 2.45) is 0 Å². The van der Waals surface area contributed by atoms with E-state index >= 15 is 0 Å². The summed E-state index contributed by atoms with van der Waals surface area (Å²) in [5, 5.41) is 9.46. The van der Waals surface area contributed by atoms with Gasteiger partial charge in [-0.3, -0.25) is 0 Å². The van der Waals surface area contributed by atoms with E-state index in [-0.39, 0.29) is 6.61 Å². The lowest BCUT2D eigenvalue weighted by molar-refractivity contribution is 0.00468. The zero-order chi connectivity index (χ0) is 11.1. The van der Waals surface area contributed by atoms with E-state index in [9.17, 15) is 13.9 Å². The molecule has 0 spiro atoms. The molecule has 0 amide bonds. The van der Waals surface area contributed by atoms with Crippen molar-refractivity contribution in [2.75, 3.05) is 13.2 Å². The van der Waals surface area contributed by atoms with E-state index in [1.54, 1.807) is 12.1 Å². The van der Waals surface area contributed by atoms with Gasteiger partial charge in [0.05, 0.1) is 12.4 Å². The summed E-state index contributed by atoms with van der Waals surface area (Å²) in [6, 6.07) is 3.48. The minimum atomic E-state index is -2.45. The molecule has 0 saturated heterocycles. The van der Waals surface area contributed by atoms with Crippen LogP contribution in [0.3, 0.4) is 0 Å². The third kappa shape index (κ3) is 5.49. The zero-order valence-electron chi connectivity index (χ0n) is 8.23. The van der Waals surface area contributed by atoms with Crippen LogP contribution in [0.4, 0.5) is 8.78 Å². The van der Waals surface area contributed by atoms with Crippen LogP contribution < -0.4 is 0 Å². The van der Waals surface area contributed by atoms with Gasteiger partial charge in [-0.15, -0.1) is 0 Å². The zero-order valence-corrected chi connectivity index (χ0v) is 8.23. The highest BCUT2D eigenvalue weighted by Gasteiger charge is 2.08. The predicted molar refractivity (Wildman–Crippen MR) is 49.9 cm³/mol. The molecular weight excluding hydrogens is 206 g/mol. The number of aliphatic hydroxyl groups is 1. The van der Waals surface area contributed by atoms with Crippen molar-refractivity contribution in [2.45, 2.75) is 25.4 Å². The van der Waals surface area contributed by atoms with Gasteiger partial charge in [0.15, 0.2) is 0 Å². The fourth-order valence-electron chi connectivity index (χ4n) is 1.15. The molecule has 3 nitrogen and oxygen atoms in total. The second-order valence-corrected chi connectivity index (χ2v) is 3.19. The largest absolute Gasteiger partial charge is 0.469 e. The quantitative estimate of drug-likeness (QED) is 0.713. The molecule has 1 atom stereocenters. The highest BCUT2D eigenvalue weighted by atomic mass is 19.3. The van der Waals surface area contributed by atoms with Crippen LogP contribution in [0.25, 0.3) is 0 Å². The smallest absolute Gasteiger partial charge is 0.261 e. The van der Waals surface area contributed by atoms with Gasteiger partial charge in [0.2, 0.25) is 0 Å². The first-order valence-corrected chi connectivity index (χ1v) is 4.75. The van der Waals surface area contributed by atoms with Crippen molar-refractivity contribution in [3.8, 4) is 0 Å². The molecule has 86 valence electrons. The lowest BCUT2D eigenvalue weighted by Gasteiger charge is -2.08. The van der Waals surface area contributed by atoms with Crippen LogP contribution in [-0.4, -0.2) is 30.8 Å². The van der Waals surface area contributed by atoms with Gasteiger partial charge in [0.25, 0.3) is 6.43 Å². The maximum Gasteiger partial charge on any atom is 0.261 e. The first kappa shape index (κ1) is 12.1. The minimum absolute atomic E-state index is 0.131. The maximum atomic E-state index is 11.7. The molecule has 0 aliphatic rings. The summed E-state index contributed by atoms with van der Waals surface area (Å²) < 4.78 is 33.0. The number of alkyl halides is 2. The van der Waals surface area contributed by atoms with Gasteiger partial charge >= 0.3 is 0 Å². The molecule has 0 radical (unpaired) electrons. The molecule has 1 N–H and O–H groups in total. The molecule has 0 aliphatic carbocycles. The summed E-state index contributed by atoms with van der Waals surface area (Å²) in [5.41, 5.74) is 0. The Bertz CT molecular complexity index is 249. The number of furan rings is 1. The third-order valence-corrected chi connectivity index (χ3v) is 1.86. The summed E-state index contributed by atoms with van der Waals surface area (Å²) in [6.45, 7) is -0.445. The van der Waals surface area contributed by atoms with Crippen molar-refractivity contribution in [3.05, 3.63) is 24.2 Å². The van der Waals surface area contributed by atoms with Crippen LogP contribution in [0.5, 0.6) is 0 Å². The maximum absolute atomic E-state index is 11.7. The van der Waals surface area contributed by atoms with E-state index in [0.29, 0.717) is 18.6 Å². The molecule has 1 aromatic heterocycles. The summed E-state index contributed by atoms with van der Waals surface area (Å²) in [7, 11) is 0. The van der Waals surface area contributed by atoms with Crippen LogP contribution in [0.15, 0.2) is 22.8 Å². The molecule has 0 saturated carbocycles. The second kappa shape index (κ2) is 6.53. The van der Waals surface area contributed by atoms with E-state index in [0.717, 1.165) is 0 Å². The number of hydrogen-bond acceptors (Lipinski definition) is 3. The fourth-order valence-corrected chi connectivity index (χ4v) is 1.15. The average Bonchev–Trinajstić information content (AvgIpc) is 2.64. The van der Waals surface area contributed by atoms with Crippen LogP contribution in [0.2, 0.25) is 0 Å². The monoisotopic (exact) mass is 220 g/mol. The van der Waals surface area contributed by atoms with Gasteiger partial charge in [-0.1, -0.05) is 0 Å². The number of rotatable bonds is 7. The molecule has 1 unspecified atom stereocenters. The summed E-state index contributed by atoms with van der Waals surface area (Å²) in [4.78, 5) is 0. The number of aliphatic hydroxyl groups excluding tert-OH is 1. The highest BCUT2D eigenvalue weighted by Crippen LogP contribution is 2.06. The van der Waals surface area contributed by atoms with Crippen molar-refractivity contribution in [1.82, 2.24) is 0 Å². The predicted octanol–water partition coefficient (Wildman–Crippen LogP) is 1.85. The normalized spacial score (nSPS) is 13.3. The molecule has 5 heteroatoms. The number of ether oxygens (including phenoxy) is 1. The second-order valence-electron chi connectivity index (χ2n) is 3.19. The van der Waals surface area contributed by atoms with E-state index in [2.05, 4.69) is 4.74 Å². The summed E-state index contributed by atoms with van der Waals surface area (Å²) >= 11 is 0. The Balaban J connectivity index is 2.06. The van der Waals surface area contributed by atoms with E-state index < -0.39 is 19.1 Å². The third-order valence-electron chi connectivity index (χ3n) is 1.86. The molecule has 1 heterocycles. The SMILES string of the molecule is OC(CCOCC(F)F)Cc1ccco1. The Morgan fingerprint density at radius 1 is 1.47 bits per heavy atom. The fraction of sp³-hybridized carbons (Fsp3) is 0.600. The van der Waals surface area contributed by atoms with E-state index in [4.69, 9.17) is 4.42 Å². The Morgan fingerprint density at radius 2 is 2.27 bits per heavy atom. The average molecular weight is 220 g/mol. The molecule has 1 rings (SSSR count). The Labute approximate surface area is 86.7 Å².